The summed E-state index contributed by atoms with van der Waals surface area (Å²) in [5, 5.41) is 5.51. The molecule has 1 saturated heterocycles. The van der Waals surface area contributed by atoms with Crippen LogP contribution in [0.15, 0.2) is 29.2 Å². The Labute approximate surface area is 189 Å². The molecular weight excluding hydrogens is 434 g/mol. The van der Waals surface area contributed by atoms with Crippen LogP contribution in [0.3, 0.4) is 0 Å². The lowest BCUT2D eigenvalue weighted by Gasteiger charge is -2.27. The van der Waals surface area contributed by atoms with Crippen molar-refractivity contribution in [3.05, 3.63) is 24.3 Å². The van der Waals surface area contributed by atoms with Crippen LogP contribution in [0.4, 0.5) is 0 Å². The van der Waals surface area contributed by atoms with Gasteiger partial charge < -0.3 is 20.1 Å². The normalized spacial score (nSPS) is 23.5. The van der Waals surface area contributed by atoms with Gasteiger partial charge in [-0.3, -0.25) is 9.59 Å². The van der Waals surface area contributed by atoms with E-state index < -0.39 is 10.0 Å². The second-order valence-corrected chi connectivity index (χ2v) is 10.2. The number of hydrogen-bond acceptors (Lipinski definition) is 6. The van der Waals surface area contributed by atoms with Crippen LogP contribution < -0.4 is 20.1 Å². The molecule has 2 fully saturated rings. The van der Waals surface area contributed by atoms with Crippen molar-refractivity contribution in [2.24, 2.45) is 11.8 Å². The summed E-state index contributed by atoms with van der Waals surface area (Å²) in [5.74, 6) is 0.308. The Balaban J connectivity index is 1.34. The molecule has 1 heterocycles. The number of ether oxygens (including phenoxy) is 2. The van der Waals surface area contributed by atoms with Crippen molar-refractivity contribution in [3.8, 4) is 5.75 Å². The maximum atomic E-state index is 12.5. The van der Waals surface area contributed by atoms with Crippen molar-refractivity contribution in [1.29, 1.82) is 0 Å². The van der Waals surface area contributed by atoms with E-state index in [-0.39, 0.29) is 41.2 Å². The fourth-order valence-electron chi connectivity index (χ4n) is 4.10. The summed E-state index contributed by atoms with van der Waals surface area (Å²) in [6.45, 7) is 1.52. The maximum absolute atomic E-state index is 12.5. The standard InChI is InChI=1S/C22H33N3O6S/c1-30-18-8-10-20(11-9-18)32(28,29)25-13-16-4-6-17(7-5-16)22(27)24-15-21(26)23-14-19-3-2-12-31-19/h8-11,16-17,19,25H,2-7,12-15H2,1H3,(H,23,26)(H,24,27)/t16?,17?,19-/m1/s1. The van der Waals surface area contributed by atoms with Crippen LogP contribution in [0.2, 0.25) is 0 Å². The molecule has 178 valence electrons. The Bertz CT molecular complexity index is 860. The van der Waals surface area contributed by atoms with E-state index in [2.05, 4.69) is 15.4 Å². The highest BCUT2D eigenvalue weighted by Crippen LogP contribution is 2.29. The Morgan fingerprint density at radius 3 is 2.38 bits per heavy atom. The average Bonchev–Trinajstić information content (AvgIpc) is 3.34. The molecule has 1 aromatic rings. The summed E-state index contributed by atoms with van der Waals surface area (Å²) >= 11 is 0. The van der Waals surface area contributed by atoms with Gasteiger partial charge in [0.05, 0.1) is 24.7 Å². The molecule has 3 rings (SSSR count). The predicted molar refractivity (Wildman–Crippen MR) is 119 cm³/mol. The van der Waals surface area contributed by atoms with Gasteiger partial charge in [-0.2, -0.15) is 0 Å². The number of nitrogens with one attached hydrogen (secondary N) is 3. The van der Waals surface area contributed by atoms with Gasteiger partial charge in [0.25, 0.3) is 0 Å². The molecule has 10 heteroatoms. The fraction of sp³-hybridized carbons (Fsp3) is 0.636. The molecule has 1 aromatic carbocycles. The van der Waals surface area contributed by atoms with Crippen LogP contribution in [0, 0.1) is 11.8 Å². The van der Waals surface area contributed by atoms with Gasteiger partial charge in [-0.15, -0.1) is 0 Å². The fourth-order valence-corrected chi connectivity index (χ4v) is 5.22. The van der Waals surface area contributed by atoms with Gasteiger partial charge in [-0.05, 0) is 68.7 Å². The third-order valence-electron chi connectivity index (χ3n) is 6.12. The van der Waals surface area contributed by atoms with Gasteiger partial charge >= 0.3 is 0 Å². The van der Waals surface area contributed by atoms with Crippen LogP contribution in [0.25, 0.3) is 0 Å². The van der Waals surface area contributed by atoms with Crippen molar-refractivity contribution in [3.63, 3.8) is 0 Å². The minimum absolute atomic E-state index is 0.0346. The highest BCUT2D eigenvalue weighted by molar-refractivity contribution is 7.89. The molecular formula is C22H33N3O6S. The SMILES string of the molecule is COc1ccc(S(=O)(=O)NCC2CCC(C(=O)NCC(=O)NC[C@H]3CCCO3)CC2)cc1. The zero-order valence-corrected chi connectivity index (χ0v) is 19.3. The molecule has 0 spiro atoms. The van der Waals surface area contributed by atoms with Crippen LogP contribution in [0.5, 0.6) is 5.75 Å². The molecule has 1 saturated carbocycles. The van der Waals surface area contributed by atoms with Gasteiger partial charge in [0.15, 0.2) is 0 Å². The van der Waals surface area contributed by atoms with Crippen LogP contribution in [-0.2, 0) is 24.3 Å². The van der Waals surface area contributed by atoms with E-state index in [4.69, 9.17) is 9.47 Å². The van der Waals surface area contributed by atoms with Gasteiger partial charge in [0.1, 0.15) is 5.75 Å². The lowest BCUT2D eigenvalue weighted by atomic mass is 9.81. The van der Waals surface area contributed by atoms with Gasteiger partial charge in [0.2, 0.25) is 21.8 Å². The number of carbonyl (C=O) groups excluding carboxylic acids is 2. The zero-order valence-electron chi connectivity index (χ0n) is 18.5. The lowest BCUT2D eigenvalue weighted by Crippen LogP contribution is -2.42. The quantitative estimate of drug-likeness (QED) is 0.475. The Hall–Kier alpha value is -2.17. The molecule has 32 heavy (non-hydrogen) atoms. The molecule has 2 aliphatic rings. The third-order valence-corrected chi connectivity index (χ3v) is 7.56. The molecule has 2 amide bonds. The Morgan fingerprint density at radius 2 is 1.75 bits per heavy atom. The molecule has 0 bridgehead atoms. The number of methoxy groups -OCH3 is 1. The van der Waals surface area contributed by atoms with Crippen LogP contribution >= 0.6 is 0 Å². The number of carbonyl (C=O) groups is 2. The lowest BCUT2D eigenvalue weighted by molar-refractivity contribution is -0.129. The summed E-state index contributed by atoms with van der Waals surface area (Å²) in [6.07, 6.45) is 4.92. The van der Waals surface area contributed by atoms with Crippen molar-refractivity contribution < 1.29 is 27.5 Å². The highest BCUT2D eigenvalue weighted by Gasteiger charge is 2.27. The number of amides is 2. The first kappa shape index (κ1) is 24.5. The van der Waals surface area contributed by atoms with Gasteiger partial charge in [-0.25, -0.2) is 13.1 Å². The second-order valence-electron chi connectivity index (χ2n) is 8.40. The highest BCUT2D eigenvalue weighted by atomic mass is 32.2. The molecule has 1 atom stereocenters. The number of hydrogen-bond donors (Lipinski definition) is 3. The van der Waals surface area contributed by atoms with Crippen molar-refractivity contribution in [2.45, 2.75) is 49.5 Å². The summed E-state index contributed by atoms with van der Waals surface area (Å²) in [7, 11) is -2.06. The Morgan fingerprint density at radius 1 is 1.03 bits per heavy atom. The van der Waals surface area contributed by atoms with E-state index in [1.54, 1.807) is 12.1 Å². The minimum Gasteiger partial charge on any atom is -0.497 e. The smallest absolute Gasteiger partial charge is 0.240 e. The van der Waals surface area contributed by atoms with Crippen molar-refractivity contribution >= 4 is 21.8 Å². The maximum Gasteiger partial charge on any atom is 0.240 e. The van der Waals surface area contributed by atoms with E-state index in [1.165, 1.54) is 19.2 Å². The number of rotatable bonds is 10. The van der Waals surface area contributed by atoms with E-state index >= 15 is 0 Å². The van der Waals surface area contributed by atoms with Crippen molar-refractivity contribution in [1.82, 2.24) is 15.4 Å². The van der Waals surface area contributed by atoms with E-state index in [1.807, 2.05) is 0 Å². The number of benzene rings is 1. The second kappa shape index (κ2) is 11.6. The van der Waals surface area contributed by atoms with E-state index in [0.717, 1.165) is 32.3 Å². The monoisotopic (exact) mass is 467 g/mol. The third kappa shape index (κ3) is 7.18. The molecule has 1 aliphatic carbocycles. The van der Waals surface area contributed by atoms with E-state index in [9.17, 15) is 18.0 Å². The number of sulfonamides is 1. The average molecular weight is 468 g/mol. The summed E-state index contributed by atoms with van der Waals surface area (Å²) in [6, 6.07) is 6.25. The first-order chi connectivity index (χ1) is 15.4. The van der Waals surface area contributed by atoms with Crippen molar-refractivity contribution in [2.75, 3.05) is 33.4 Å². The summed E-state index contributed by atoms with van der Waals surface area (Å²) < 4.78 is 38.1. The molecule has 1 aliphatic heterocycles. The molecule has 0 aromatic heterocycles. The molecule has 0 unspecified atom stereocenters. The minimum atomic E-state index is -3.58. The predicted octanol–water partition coefficient (Wildman–Crippen LogP) is 1.19. The van der Waals surface area contributed by atoms with Gasteiger partial charge in [-0.1, -0.05) is 0 Å². The van der Waals surface area contributed by atoms with Crippen LogP contribution in [0.1, 0.15) is 38.5 Å². The zero-order chi connectivity index (χ0) is 23.0. The Kier molecular flexibility index (Phi) is 8.89. The largest absolute Gasteiger partial charge is 0.497 e. The first-order valence-corrected chi connectivity index (χ1v) is 12.7. The molecule has 3 N–H and O–H groups in total. The first-order valence-electron chi connectivity index (χ1n) is 11.2. The van der Waals surface area contributed by atoms with Crippen LogP contribution in [-0.4, -0.2) is 59.7 Å². The summed E-state index contributed by atoms with van der Waals surface area (Å²) in [4.78, 5) is 24.5. The topological polar surface area (TPSA) is 123 Å². The van der Waals surface area contributed by atoms with E-state index in [0.29, 0.717) is 31.7 Å². The summed E-state index contributed by atoms with van der Waals surface area (Å²) in [5.41, 5.74) is 0. The van der Waals surface area contributed by atoms with Gasteiger partial charge in [0, 0.05) is 25.6 Å². The molecule has 9 nitrogen and oxygen atoms in total. The molecule has 0 radical (unpaired) electrons.